The zero-order valence-corrected chi connectivity index (χ0v) is 11.1. The van der Waals surface area contributed by atoms with Crippen molar-refractivity contribution in [3.63, 3.8) is 0 Å². The van der Waals surface area contributed by atoms with E-state index in [0.717, 1.165) is 6.42 Å². The Kier molecular flexibility index (Phi) is 4.37. The summed E-state index contributed by atoms with van der Waals surface area (Å²) in [6.45, 7) is 6.84. The van der Waals surface area contributed by atoms with Crippen LogP contribution in [0.5, 0.6) is 0 Å². The summed E-state index contributed by atoms with van der Waals surface area (Å²) in [5.41, 5.74) is -0.462. The van der Waals surface area contributed by atoms with E-state index in [1.54, 1.807) is 11.9 Å². The van der Waals surface area contributed by atoms with Gasteiger partial charge in [0.1, 0.15) is 5.60 Å². The first-order valence-corrected chi connectivity index (χ1v) is 6.00. The summed E-state index contributed by atoms with van der Waals surface area (Å²) in [5.74, 6) is 0.281. The highest BCUT2D eigenvalue weighted by molar-refractivity contribution is 5.76. The minimum Gasteiger partial charge on any atom is -0.444 e. The van der Waals surface area contributed by atoms with Crippen molar-refractivity contribution < 1.29 is 14.3 Å². The van der Waals surface area contributed by atoms with E-state index in [1.165, 1.54) is 0 Å². The third-order valence-corrected chi connectivity index (χ3v) is 2.69. The molecule has 2 amide bonds. The number of ether oxygens (including phenoxy) is 1. The van der Waals surface area contributed by atoms with Gasteiger partial charge in [-0.2, -0.15) is 0 Å². The first kappa shape index (κ1) is 13.8. The molecule has 1 fully saturated rings. The van der Waals surface area contributed by atoms with Gasteiger partial charge >= 0.3 is 6.09 Å². The molecule has 0 spiro atoms. The summed E-state index contributed by atoms with van der Waals surface area (Å²) in [6, 6.07) is 0. The lowest BCUT2D eigenvalue weighted by molar-refractivity contribution is -0.121. The molecule has 0 aromatic heterocycles. The maximum Gasteiger partial charge on any atom is 0.410 e. The first-order valence-electron chi connectivity index (χ1n) is 6.00. The molecule has 1 N–H and O–H groups in total. The molecule has 0 bridgehead atoms. The number of likely N-dealkylation sites (tertiary alicyclic amines) is 1. The van der Waals surface area contributed by atoms with Gasteiger partial charge in [-0.3, -0.25) is 4.79 Å². The van der Waals surface area contributed by atoms with Crippen LogP contribution in [-0.4, -0.2) is 42.6 Å². The Balaban J connectivity index is 2.39. The van der Waals surface area contributed by atoms with Crippen molar-refractivity contribution in [2.75, 3.05) is 20.1 Å². The molecular formula is C12H22N2O3. The molecular weight excluding hydrogens is 220 g/mol. The van der Waals surface area contributed by atoms with Gasteiger partial charge in [0.15, 0.2) is 0 Å². The Morgan fingerprint density at radius 3 is 2.59 bits per heavy atom. The molecule has 17 heavy (non-hydrogen) atoms. The fourth-order valence-electron chi connectivity index (χ4n) is 1.86. The van der Waals surface area contributed by atoms with Crippen LogP contribution in [-0.2, 0) is 9.53 Å². The minimum atomic E-state index is -0.462. The second kappa shape index (κ2) is 5.38. The number of hydrogen-bond acceptors (Lipinski definition) is 3. The maximum atomic E-state index is 11.8. The van der Waals surface area contributed by atoms with Crippen LogP contribution in [0.3, 0.4) is 0 Å². The molecule has 0 aromatic rings. The number of amides is 2. The summed E-state index contributed by atoms with van der Waals surface area (Å²) in [5, 5.41) is 2.60. The van der Waals surface area contributed by atoms with Crippen LogP contribution < -0.4 is 5.32 Å². The van der Waals surface area contributed by atoms with Gasteiger partial charge in [-0.05, 0) is 33.1 Å². The molecule has 0 saturated carbocycles. The van der Waals surface area contributed by atoms with Gasteiger partial charge in [0, 0.05) is 26.6 Å². The molecule has 1 rings (SSSR count). The molecule has 1 saturated heterocycles. The number of carbonyl (C=O) groups excluding carboxylic acids is 2. The van der Waals surface area contributed by atoms with E-state index in [1.807, 2.05) is 20.8 Å². The predicted octanol–water partition coefficient (Wildman–Crippen LogP) is 1.38. The summed E-state index contributed by atoms with van der Waals surface area (Å²) in [6.07, 6.45) is 1.07. The third kappa shape index (κ3) is 4.63. The summed E-state index contributed by atoms with van der Waals surface area (Å²) < 4.78 is 5.29. The summed E-state index contributed by atoms with van der Waals surface area (Å²) >= 11 is 0. The number of rotatable bonds is 2. The van der Waals surface area contributed by atoms with Gasteiger partial charge in [-0.15, -0.1) is 0 Å². The third-order valence-electron chi connectivity index (χ3n) is 2.69. The largest absolute Gasteiger partial charge is 0.444 e. The maximum absolute atomic E-state index is 11.8. The van der Waals surface area contributed by atoms with Crippen LogP contribution in [0, 0.1) is 5.92 Å². The van der Waals surface area contributed by atoms with Crippen molar-refractivity contribution in [2.24, 2.45) is 5.92 Å². The molecule has 0 aliphatic carbocycles. The average molecular weight is 242 g/mol. The molecule has 0 aromatic carbocycles. The number of nitrogens with one attached hydrogen (secondary N) is 1. The van der Waals surface area contributed by atoms with Crippen LogP contribution in [0.2, 0.25) is 0 Å². The lowest BCUT2D eigenvalue weighted by atomic mass is 10.1. The van der Waals surface area contributed by atoms with Crippen LogP contribution in [0.15, 0.2) is 0 Å². The standard InChI is InChI=1S/C12H22N2O3/c1-12(2,3)17-11(16)14-6-5-9(8-14)7-10(15)13-4/h9H,5-8H2,1-4H3,(H,13,15). The Labute approximate surface area is 102 Å². The van der Waals surface area contributed by atoms with Gasteiger partial charge in [0.25, 0.3) is 0 Å². The Bertz CT molecular complexity index is 297. The molecule has 1 atom stereocenters. The van der Waals surface area contributed by atoms with Crippen molar-refractivity contribution in [3.05, 3.63) is 0 Å². The second-order valence-corrected chi connectivity index (χ2v) is 5.46. The van der Waals surface area contributed by atoms with Crippen molar-refractivity contribution in [1.29, 1.82) is 0 Å². The topological polar surface area (TPSA) is 58.6 Å². The molecule has 1 unspecified atom stereocenters. The Morgan fingerprint density at radius 1 is 1.41 bits per heavy atom. The molecule has 5 heteroatoms. The van der Waals surface area contributed by atoms with E-state index in [0.29, 0.717) is 19.5 Å². The lowest BCUT2D eigenvalue weighted by Crippen LogP contribution is -2.35. The van der Waals surface area contributed by atoms with E-state index in [-0.39, 0.29) is 17.9 Å². The predicted molar refractivity (Wildman–Crippen MR) is 64.6 cm³/mol. The fraction of sp³-hybridized carbons (Fsp3) is 0.833. The first-order chi connectivity index (χ1) is 7.81. The smallest absolute Gasteiger partial charge is 0.410 e. The van der Waals surface area contributed by atoms with Gasteiger partial charge in [0.2, 0.25) is 5.91 Å². The van der Waals surface area contributed by atoms with Gasteiger partial charge in [-0.1, -0.05) is 0 Å². The normalized spacial score (nSPS) is 20.2. The number of hydrogen-bond donors (Lipinski definition) is 1. The quantitative estimate of drug-likeness (QED) is 0.796. The number of carbonyl (C=O) groups is 2. The Hall–Kier alpha value is -1.26. The van der Waals surface area contributed by atoms with Crippen molar-refractivity contribution in [2.45, 2.75) is 39.2 Å². The van der Waals surface area contributed by atoms with Crippen LogP contribution in [0.1, 0.15) is 33.6 Å². The lowest BCUT2D eigenvalue weighted by Gasteiger charge is -2.24. The van der Waals surface area contributed by atoms with Crippen LogP contribution >= 0.6 is 0 Å². The van der Waals surface area contributed by atoms with E-state index in [9.17, 15) is 9.59 Å². The van der Waals surface area contributed by atoms with E-state index in [2.05, 4.69) is 5.32 Å². The van der Waals surface area contributed by atoms with Gasteiger partial charge in [0.05, 0.1) is 0 Å². The van der Waals surface area contributed by atoms with E-state index in [4.69, 9.17) is 4.74 Å². The highest BCUT2D eigenvalue weighted by Crippen LogP contribution is 2.21. The molecule has 5 nitrogen and oxygen atoms in total. The van der Waals surface area contributed by atoms with Gasteiger partial charge in [-0.25, -0.2) is 4.79 Å². The summed E-state index contributed by atoms with van der Waals surface area (Å²) in [7, 11) is 1.63. The monoisotopic (exact) mass is 242 g/mol. The highest BCUT2D eigenvalue weighted by atomic mass is 16.6. The van der Waals surface area contributed by atoms with Crippen molar-refractivity contribution in [3.8, 4) is 0 Å². The zero-order valence-electron chi connectivity index (χ0n) is 11.1. The van der Waals surface area contributed by atoms with Crippen molar-refractivity contribution in [1.82, 2.24) is 10.2 Å². The minimum absolute atomic E-state index is 0.0287. The molecule has 0 radical (unpaired) electrons. The van der Waals surface area contributed by atoms with E-state index < -0.39 is 5.60 Å². The molecule has 98 valence electrons. The van der Waals surface area contributed by atoms with Crippen LogP contribution in [0.25, 0.3) is 0 Å². The zero-order chi connectivity index (χ0) is 13.1. The highest BCUT2D eigenvalue weighted by Gasteiger charge is 2.30. The molecule has 1 aliphatic rings. The summed E-state index contributed by atoms with van der Waals surface area (Å²) in [4.78, 5) is 24.7. The Morgan fingerprint density at radius 2 is 2.06 bits per heavy atom. The average Bonchev–Trinajstić information content (AvgIpc) is 2.63. The second-order valence-electron chi connectivity index (χ2n) is 5.46. The number of nitrogens with zero attached hydrogens (tertiary/aromatic N) is 1. The van der Waals surface area contributed by atoms with Crippen LogP contribution in [0.4, 0.5) is 4.79 Å². The fourth-order valence-corrected chi connectivity index (χ4v) is 1.86. The molecule has 1 heterocycles. The SMILES string of the molecule is CNC(=O)CC1CCN(C(=O)OC(C)(C)C)C1. The van der Waals surface area contributed by atoms with Crippen molar-refractivity contribution >= 4 is 12.0 Å². The van der Waals surface area contributed by atoms with E-state index >= 15 is 0 Å². The molecule has 1 aliphatic heterocycles. The van der Waals surface area contributed by atoms with Gasteiger partial charge < -0.3 is 15.0 Å².